The first-order valence-corrected chi connectivity index (χ1v) is 15.0. The van der Waals surface area contributed by atoms with Crippen molar-refractivity contribution in [1.29, 1.82) is 0 Å². The van der Waals surface area contributed by atoms with Crippen LogP contribution in [-0.4, -0.2) is 54.2 Å². The Morgan fingerprint density at radius 3 is 2.49 bits per heavy atom. The monoisotopic (exact) mass is 592 g/mol. The van der Waals surface area contributed by atoms with E-state index in [-0.39, 0.29) is 6.61 Å². The topological polar surface area (TPSA) is 89.7 Å². The van der Waals surface area contributed by atoms with E-state index in [1.165, 1.54) is 0 Å². The number of thiazole rings is 1. The molecule has 1 atom stereocenters. The number of fused-ring (bicyclic) bond motifs is 1. The lowest BCUT2D eigenvalue weighted by Gasteiger charge is -2.37. The second-order valence-electron chi connectivity index (χ2n) is 11.6. The van der Waals surface area contributed by atoms with Crippen molar-refractivity contribution in [3.05, 3.63) is 64.7 Å². The first-order valence-electron chi connectivity index (χ1n) is 13.8. The predicted octanol–water partition coefficient (Wildman–Crippen LogP) is 7.32. The number of esters is 1. The third-order valence-electron chi connectivity index (χ3n) is 7.02. The van der Waals surface area contributed by atoms with Crippen LogP contribution in [0.3, 0.4) is 0 Å². The van der Waals surface area contributed by atoms with Gasteiger partial charge in [-0.05, 0) is 89.2 Å². The average Bonchev–Trinajstić information content (AvgIpc) is 3.30. The lowest BCUT2D eigenvalue weighted by molar-refractivity contribution is -0.166. The maximum absolute atomic E-state index is 13.4. The van der Waals surface area contributed by atoms with Crippen molar-refractivity contribution in [2.45, 2.75) is 52.4 Å². The van der Waals surface area contributed by atoms with Gasteiger partial charge >= 0.3 is 5.97 Å². The lowest BCUT2D eigenvalue weighted by atomic mass is 9.91. The smallest absolute Gasteiger partial charge is 0.339 e. The minimum Gasteiger partial charge on any atom is -0.464 e. The van der Waals surface area contributed by atoms with Crippen LogP contribution in [0, 0.1) is 6.92 Å². The molecule has 4 aromatic rings. The highest BCUT2D eigenvalue weighted by molar-refractivity contribution is 7.22. The third kappa shape index (κ3) is 6.36. The van der Waals surface area contributed by atoms with Gasteiger partial charge in [0.25, 0.3) is 0 Å². The van der Waals surface area contributed by atoms with Crippen LogP contribution in [0.5, 0.6) is 0 Å². The van der Waals surface area contributed by atoms with Crippen LogP contribution in [0.2, 0.25) is 5.02 Å². The summed E-state index contributed by atoms with van der Waals surface area (Å²) in [5.41, 5.74) is 12.7. The van der Waals surface area contributed by atoms with Gasteiger partial charge in [0, 0.05) is 34.8 Å². The summed E-state index contributed by atoms with van der Waals surface area (Å²) in [7, 11) is 2.10. The van der Waals surface area contributed by atoms with Gasteiger partial charge in [0.05, 0.1) is 39.8 Å². The number of likely N-dealkylation sites (N-methyl/N-ethyl adjacent to an activating group) is 1. The first-order chi connectivity index (χ1) is 19.4. The van der Waals surface area contributed by atoms with Gasteiger partial charge in [0.15, 0.2) is 6.10 Å². The van der Waals surface area contributed by atoms with Gasteiger partial charge in [0.2, 0.25) is 0 Å². The van der Waals surface area contributed by atoms with Gasteiger partial charge in [0.1, 0.15) is 5.01 Å². The summed E-state index contributed by atoms with van der Waals surface area (Å²) < 4.78 is 12.9. The third-order valence-corrected chi connectivity index (χ3v) is 8.41. The number of nitrogens with two attached hydrogens (primary N) is 1. The van der Waals surface area contributed by atoms with Crippen LogP contribution in [0.4, 0.5) is 11.4 Å². The molecule has 1 aliphatic rings. The fraction of sp³-hybridized carbons (Fsp3) is 0.375. The molecule has 1 saturated heterocycles. The molecule has 1 fully saturated rings. The van der Waals surface area contributed by atoms with Crippen molar-refractivity contribution in [2.75, 3.05) is 37.8 Å². The zero-order valence-electron chi connectivity index (χ0n) is 24.4. The summed E-state index contributed by atoms with van der Waals surface area (Å²) in [4.78, 5) is 20.7. The number of likely N-dealkylation sites (tertiary alicyclic amines) is 1. The van der Waals surface area contributed by atoms with E-state index in [0.717, 1.165) is 61.8 Å². The zero-order chi connectivity index (χ0) is 29.5. The Labute approximate surface area is 250 Å². The SMILES string of the molecule is CCOC(=O)C(OC(C)(C)C)c1c(C)cc2nc(-c3ccc(N)c(NC4CN(C)C4)c3)sc2c1-c1ccc(Cl)cc1. The number of halogens is 1. The molecule has 5 rings (SSSR count). The standard InChI is InChI=1S/C32H37ClN4O3S/c1-7-39-31(38)28(40-32(3,4)5)26-18(2)14-25-29(27(26)19-8-11-21(33)12-9-19)41-30(36-25)20-10-13-23(34)24(15-20)35-22-16-37(6)17-22/h8-15,22,28,35H,7,16-17,34H2,1-6H3. The zero-order valence-corrected chi connectivity index (χ0v) is 25.9. The molecule has 1 unspecified atom stereocenters. The van der Waals surface area contributed by atoms with Crippen molar-refractivity contribution < 1.29 is 14.3 Å². The minimum absolute atomic E-state index is 0.260. The number of aromatic nitrogens is 1. The van der Waals surface area contributed by atoms with E-state index in [1.807, 2.05) is 70.2 Å². The number of carbonyl (C=O) groups is 1. The van der Waals surface area contributed by atoms with E-state index in [9.17, 15) is 4.79 Å². The number of hydrogen-bond acceptors (Lipinski definition) is 8. The molecular formula is C32H37ClN4O3S. The van der Waals surface area contributed by atoms with Crippen LogP contribution < -0.4 is 11.1 Å². The fourth-order valence-corrected chi connectivity index (χ4v) is 6.44. The van der Waals surface area contributed by atoms with E-state index in [2.05, 4.69) is 23.3 Å². The van der Waals surface area contributed by atoms with E-state index < -0.39 is 17.7 Å². The highest BCUT2D eigenvalue weighted by Gasteiger charge is 2.33. The van der Waals surface area contributed by atoms with E-state index in [4.69, 9.17) is 31.8 Å². The van der Waals surface area contributed by atoms with Crippen LogP contribution in [0.15, 0.2) is 48.5 Å². The number of carbonyl (C=O) groups excluding carboxylic acids is 1. The predicted molar refractivity (Wildman–Crippen MR) is 170 cm³/mol. The van der Waals surface area contributed by atoms with Crippen molar-refractivity contribution in [2.24, 2.45) is 0 Å². The van der Waals surface area contributed by atoms with Crippen molar-refractivity contribution in [1.82, 2.24) is 9.88 Å². The van der Waals surface area contributed by atoms with E-state index in [0.29, 0.717) is 16.8 Å². The molecule has 0 aliphatic carbocycles. The van der Waals surface area contributed by atoms with Crippen molar-refractivity contribution in [3.63, 3.8) is 0 Å². The number of ether oxygens (including phenoxy) is 2. The largest absolute Gasteiger partial charge is 0.464 e. The number of benzene rings is 3. The second-order valence-corrected chi connectivity index (χ2v) is 13.0. The quantitative estimate of drug-likeness (QED) is 0.164. The molecule has 1 aliphatic heterocycles. The van der Waals surface area contributed by atoms with Gasteiger partial charge in [-0.2, -0.15) is 0 Å². The normalized spacial score (nSPS) is 15.1. The van der Waals surface area contributed by atoms with Crippen molar-refractivity contribution in [3.8, 4) is 21.7 Å². The van der Waals surface area contributed by atoms with Crippen LogP contribution in [0.25, 0.3) is 31.9 Å². The summed E-state index contributed by atoms with van der Waals surface area (Å²) in [6.45, 7) is 11.8. The molecule has 0 amide bonds. The average molecular weight is 593 g/mol. The Balaban J connectivity index is 1.68. The summed E-state index contributed by atoms with van der Waals surface area (Å²) in [5.74, 6) is -0.416. The van der Waals surface area contributed by atoms with Crippen LogP contribution in [-0.2, 0) is 14.3 Å². The maximum atomic E-state index is 13.4. The van der Waals surface area contributed by atoms with Gasteiger partial charge in [-0.15, -0.1) is 11.3 Å². The molecule has 0 saturated carbocycles. The summed E-state index contributed by atoms with van der Waals surface area (Å²) in [5, 5.41) is 5.07. The molecule has 41 heavy (non-hydrogen) atoms. The maximum Gasteiger partial charge on any atom is 0.339 e. The van der Waals surface area contributed by atoms with Crippen LogP contribution >= 0.6 is 22.9 Å². The van der Waals surface area contributed by atoms with Gasteiger partial charge in [-0.1, -0.05) is 23.7 Å². The number of nitrogen functional groups attached to an aromatic ring is 1. The van der Waals surface area contributed by atoms with Crippen molar-refractivity contribution >= 4 is 50.5 Å². The molecule has 2 heterocycles. The van der Waals surface area contributed by atoms with Gasteiger partial charge < -0.3 is 25.4 Å². The van der Waals surface area contributed by atoms with Gasteiger partial charge in [-0.3, -0.25) is 0 Å². The number of anilines is 2. The Morgan fingerprint density at radius 1 is 1.17 bits per heavy atom. The molecule has 0 spiro atoms. The van der Waals surface area contributed by atoms with Gasteiger partial charge in [-0.25, -0.2) is 9.78 Å². The Hall–Kier alpha value is -3.17. The molecule has 1 aromatic heterocycles. The fourth-order valence-electron chi connectivity index (χ4n) is 5.20. The summed E-state index contributed by atoms with van der Waals surface area (Å²) in [6, 6.07) is 16.1. The molecule has 0 bridgehead atoms. The minimum atomic E-state index is -0.913. The number of nitrogens with one attached hydrogen (secondary N) is 1. The molecule has 216 valence electrons. The molecule has 3 aromatic carbocycles. The van der Waals surface area contributed by atoms with E-state index >= 15 is 0 Å². The molecule has 3 N–H and O–H groups in total. The number of rotatable bonds is 8. The molecule has 0 radical (unpaired) electrons. The molecule has 7 nitrogen and oxygen atoms in total. The number of nitrogens with zero attached hydrogens (tertiary/aromatic N) is 2. The number of aryl methyl sites for hydroxylation is 1. The Kier molecular flexibility index (Phi) is 8.30. The second kappa shape index (κ2) is 11.6. The highest BCUT2D eigenvalue weighted by Crippen LogP contribution is 2.45. The Morgan fingerprint density at radius 2 is 1.85 bits per heavy atom. The Bertz CT molecular complexity index is 1570. The van der Waals surface area contributed by atoms with E-state index in [1.54, 1.807) is 18.3 Å². The van der Waals surface area contributed by atoms with Crippen LogP contribution in [0.1, 0.15) is 44.9 Å². The molecule has 9 heteroatoms. The lowest BCUT2D eigenvalue weighted by Crippen LogP contribution is -2.52. The summed E-state index contributed by atoms with van der Waals surface area (Å²) >= 11 is 7.86. The molecular weight excluding hydrogens is 556 g/mol. The summed E-state index contributed by atoms with van der Waals surface area (Å²) in [6.07, 6.45) is -0.913. The highest BCUT2D eigenvalue weighted by atomic mass is 35.5. The number of hydrogen-bond donors (Lipinski definition) is 2. The first kappa shape index (κ1) is 29.3.